The van der Waals surface area contributed by atoms with Gasteiger partial charge in [0, 0.05) is 5.92 Å². The van der Waals surface area contributed by atoms with E-state index in [4.69, 9.17) is 10.00 Å². The van der Waals surface area contributed by atoms with E-state index in [0.717, 1.165) is 37.0 Å². The summed E-state index contributed by atoms with van der Waals surface area (Å²) in [4.78, 5) is 0. The molecule has 0 bridgehead atoms. The molecule has 0 aromatic rings. The van der Waals surface area contributed by atoms with E-state index in [1.165, 1.54) is 44.9 Å². The van der Waals surface area contributed by atoms with Crippen molar-refractivity contribution < 1.29 is 4.74 Å². The minimum Gasteiger partial charge on any atom is -0.505 e. The third-order valence-electron chi connectivity index (χ3n) is 5.49. The van der Waals surface area contributed by atoms with Crippen LogP contribution in [0.25, 0.3) is 0 Å². The average Bonchev–Trinajstić information content (AvgIpc) is 2.52. The van der Waals surface area contributed by atoms with Crippen LogP contribution in [0, 0.1) is 35.0 Å². The first-order chi connectivity index (χ1) is 9.83. The number of rotatable bonds is 5. The van der Waals surface area contributed by atoms with Gasteiger partial charge in [0.05, 0.1) is 19.4 Å². The molecular formula is C18H29NO. The third-order valence-corrected chi connectivity index (χ3v) is 5.49. The van der Waals surface area contributed by atoms with Crippen LogP contribution in [0.3, 0.4) is 0 Å². The van der Waals surface area contributed by atoms with E-state index in [1.54, 1.807) is 13.4 Å². The van der Waals surface area contributed by atoms with E-state index in [1.807, 2.05) is 0 Å². The van der Waals surface area contributed by atoms with Crippen molar-refractivity contribution in [3.8, 4) is 6.07 Å². The maximum absolute atomic E-state index is 8.98. The molecule has 0 aromatic heterocycles. The van der Waals surface area contributed by atoms with Crippen molar-refractivity contribution in [3.05, 3.63) is 12.3 Å². The summed E-state index contributed by atoms with van der Waals surface area (Å²) in [6, 6.07) is 2.45. The van der Waals surface area contributed by atoms with E-state index in [2.05, 4.69) is 12.1 Å². The lowest BCUT2D eigenvalue weighted by Crippen LogP contribution is -2.25. The van der Waals surface area contributed by atoms with Crippen LogP contribution in [0.15, 0.2) is 12.3 Å². The molecule has 0 radical (unpaired) electrons. The normalized spacial score (nSPS) is 34.8. The Labute approximate surface area is 124 Å². The van der Waals surface area contributed by atoms with Crippen LogP contribution in [0.4, 0.5) is 0 Å². The Kier molecular flexibility index (Phi) is 6.43. The van der Waals surface area contributed by atoms with Crippen molar-refractivity contribution in [2.45, 2.75) is 64.2 Å². The Hall–Kier alpha value is -0.970. The third kappa shape index (κ3) is 4.54. The van der Waals surface area contributed by atoms with Crippen molar-refractivity contribution in [1.29, 1.82) is 5.26 Å². The van der Waals surface area contributed by atoms with Gasteiger partial charge < -0.3 is 4.74 Å². The molecule has 0 atom stereocenters. The highest BCUT2D eigenvalue weighted by Crippen LogP contribution is 2.42. The molecule has 2 heteroatoms. The lowest BCUT2D eigenvalue weighted by atomic mass is 9.69. The highest BCUT2D eigenvalue weighted by molar-refractivity contribution is 4.89. The van der Waals surface area contributed by atoms with Gasteiger partial charge in [-0.15, -0.1) is 0 Å². The lowest BCUT2D eigenvalue weighted by Gasteiger charge is -2.36. The summed E-state index contributed by atoms with van der Waals surface area (Å²) in [5, 5.41) is 8.98. The summed E-state index contributed by atoms with van der Waals surface area (Å²) in [6.07, 6.45) is 17.1. The van der Waals surface area contributed by atoms with E-state index >= 15 is 0 Å². The minimum absolute atomic E-state index is 0.357. The summed E-state index contributed by atoms with van der Waals surface area (Å²) in [5.41, 5.74) is 0. The zero-order chi connectivity index (χ0) is 14.2. The highest BCUT2D eigenvalue weighted by atomic mass is 16.5. The first kappa shape index (κ1) is 15.4. The summed E-state index contributed by atoms with van der Waals surface area (Å²) >= 11 is 0. The average molecular weight is 275 g/mol. The van der Waals surface area contributed by atoms with E-state index in [-0.39, 0.29) is 0 Å². The molecule has 2 rings (SSSR count). The van der Waals surface area contributed by atoms with Crippen LogP contribution in [-0.2, 0) is 4.74 Å². The van der Waals surface area contributed by atoms with Crippen molar-refractivity contribution >= 4 is 0 Å². The van der Waals surface area contributed by atoms with Gasteiger partial charge in [-0.05, 0) is 75.2 Å². The predicted octanol–water partition coefficient (Wildman–Crippen LogP) is 5.06. The molecule has 2 aliphatic rings. The van der Waals surface area contributed by atoms with Crippen LogP contribution < -0.4 is 0 Å². The minimum atomic E-state index is 0.357. The van der Waals surface area contributed by atoms with Crippen molar-refractivity contribution in [2.75, 3.05) is 7.11 Å². The second-order valence-corrected chi connectivity index (χ2v) is 6.71. The molecule has 2 nitrogen and oxygen atoms in total. The summed E-state index contributed by atoms with van der Waals surface area (Å²) in [6.45, 7) is 0. The van der Waals surface area contributed by atoms with Gasteiger partial charge in [-0.25, -0.2) is 0 Å². The molecule has 0 N–H and O–H groups in total. The molecular weight excluding hydrogens is 246 g/mol. The van der Waals surface area contributed by atoms with Gasteiger partial charge in [-0.1, -0.05) is 12.8 Å². The summed E-state index contributed by atoms with van der Waals surface area (Å²) in [5.74, 6) is 3.17. The predicted molar refractivity (Wildman–Crippen MR) is 81.9 cm³/mol. The molecule has 2 aliphatic carbocycles. The van der Waals surface area contributed by atoms with Crippen LogP contribution in [0.1, 0.15) is 64.2 Å². The Balaban J connectivity index is 1.64. The molecule has 0 spiro atoms. The Morgan fingerprint density at radius 3 is 2.15 bits per heavy atom. The maximum Gasteiger partial charge on any atom is 0.0784 e. The fourth-order valence-corrected chi connectivity index (χ4v) is 4.16. The molecule has 2 saturated carbocycles. The molecule has 2 fully saturated rings. The first-order valence-electron chi connectivity index (χ1n) is 8.41. The maximum atomic E-state index is 8.98. The second-order valence-electron chi connectivity index (χ2n) is 6.71. The molecule has 0 heterocycles. The largest absolute Gasteiger partial charge is 0.505 e. The first-order valence-corrected chi connectivity index (χ1v) is 8.41. The van der Waals surface area contributed by atoms with Crippen molar-refractivity contribution in [1.82, 2.24) is 0 Å². The van der Waals surface area contributed by atoms with Gasteiger partial charge in [0.1, 0.15) is 0 Å². The van der Waals surface area contributed by atoms with Crippen LogP contribution in [0.5, 0.6) is 0 Å². The van der Waals surface area contributed by atoms with Crippen LogP contribution in [0.2, 0.25) is 0 Å². The number of methoxy groups -OCH3 is 1. The molecule has 112 valence electrons. The van der Waals surface area contributed by atoms with Crippen molar-refractivity contribution in [2.24, 2.45) is 23.7 Å². The van der Waals surface area contributed by atoms with E-state index < -0.39 is 0 Å². The SMILES string of the molecule is COC=CCCC1CCC(C2CCC(C#N)CC2)CC1. The topological polar surface area (TPSA) is 33.0 Å². The zero-order valence-electron chi connectivity index (χ0n) is 12.9. The van der Waals surface area contributed by atoms with Gasteiger partial charge in [0.15, 0.2) is 0 Å². The van der Waals surface area contributed by atoms with Crippen molar-refractivity contribution in [3.63, 3.8) is 0 Å². The quantitative estimate of drug-likeness (QED) is 0.657. The lowest BCUT2D eigenvalue weighted by molar-refractivity contribution is 0.154. The zero-order valence-corrected chi connectivity index (χ0v) is 12.9. The molecule has 0 amide bonds. The molecule has 20 heavy (non-hydrogen) atoms. The second kappa shape index (κ2) is 8.35. The van der Waals surface area contributed by atoms with Gasteiger partial charge >= 0.3 is 0 Å². The van der Waals surface area contributed by atoms with Gasteiger partial charge in [0.2, 0.25) is 0 Å². The number of nitrogens with zero attached hydrogens (tertiary/aromatic N) is 1. The number of ether oxygens (including phenoxy) is 1. The van der Waals surface area contributed by atoms with Crippen LogP contribution >= 0.6 is 0 Å². The Bertz CT molecular complexity index is 328. The number of hydrogen-bond acceptors (Lipinski definition) is 2. The Morgan fingerprint density at radius 1 is 1.00 bits per heavy atom. The molecule has 0 aromatic carbocycles. The fraction of sp³-hybridized carbons (Fsp3) is 0.833. The highest BCUT2D eigenvalue weighted by Gasteiger charge is 2.30. The fourth-order valence-electron chi connectivity index (χ4n) is 4.16. The monoisotopic (exact) mass is 275 g/mol. The molecule has 0 aliphatic heterocycles. The smallest absolute Gasteiger partial charge is 0.0784 e. The van der Waals surface area contributed by atoms with Gasteiger partial charge in [-0.3, -0.25) is 0 Å². The Morgan fingerprint density at radius 2 is 1.60 bits per heavy atom. The molecule has 0 unspecified atom stereocenters. The number of hydrogen-bond donors (Lipinski definition) is 0. The van der Waals surface area contributed by atoms with E-state index in [9.17, 15) is 0 Å². The summed E-state index contributed by atoms with van der Waals surface area (Å²) in [7, 11) is 1.71. The van der Waals surface area contributed by atoms with E-state index in [0.29, 0.717) is 5.92 Å². The number of nitriles is 1. The van der Waals surface area contributed by atoms with Gasteiger partial charge in [-0.2, -0.15) is 5.26 Å². The van der Waals surface area contributed by atoms with Crippen LogP contribution in [-0.4, -0.2) is 7.11 Å². The standard InChI is InChI=1S/C18H29NO/c1-20-13-3-2-4-15-5-9-17(10-6-15)18-11-7-16(14-19)8-12-18/h3,13,15-18H,2,4-12H2,1H3. The molecule has 0 saturated heterocycles. The number of allylic oxidation sites excluding steroid dienone is 1. The summed E-state index contributed by atoms with van der Waals surface area (Å²) < 4.78 is 4.94. The van der Waals surface area contributed by atoms with Gasteiger partial charge in [0.25, 0.3) is 0 Å².